The molecule has 2 aliphatic heterocycles. The molecule has 1 fully saturated rings. The number of benzene rings is 1. The first-order chi connectivity index (χ1) is 9.65. The number of nitrogens with zero attached hydrogens (tertiary/aromatic N) is 1. The van der Waals surface area contributed by atoms with Crippen LogP contribution in [0.5, 0.6) is 11.5 Å². The number of halogens is 1. The van der Waals surface area contributed by atoms with Crippen molar-refractivity contribution in [3.05, 3.63) is 21.7 Å². The van der Waals surface area contributed by atoms with Gasteiger partial charge in [-0.05, 0) is 47.9 Å². The monoisotopic (exact) mass is 340 g/mol. The number of rotatable bonds is 3. The van der Waals surface area contributed by atoms with Gasteiger partial charge in [0.05, 0.1) is 5.56 Å². The molecule has 0 amide bonds. The Morgan fingerprint density at radius 1 is 1.50 bits per heavy atom. The fourth-order valence-corrected chi connectivity index (χ4v) is 3.60. The molecule has 6 heteroatoms. The number of likely N-dealkylation sites (tertiary alicyclic amines) is 1. The molecule has 0 saturated carbocycles. The van der Waals surface area contributed by atoms with Crippen LogP contribution in [0.1, 0.15) is 28.4 Å². The van der Waals surface area contributed by atoms with Gasteiger partial charge in [0.2, 0.25) is 6.79 Å². The number of hydrogen-bond acceptors (Lipinski definition) is 5. The highest BCUT2D eigenvalue weighted by Gasteiger charge is 2.35. The van der Waals surface area contributed by atoms with Gasteiger partial charge in [0, 0.05) is 22.6 Å². The van der Waals surface area contributed by atoms with E-state index in [-0.39, 0.29) is 12.8 Å². The third-order valence-corrected chi connectivity index (χ3v) is 4.76. The Morgan fingerprint density at radius 2 is 2.25 bits per heavy atom. The zero-order chi connectivity index (χ0) is 14.3. The maximum Gasteiger partial charge on any atom is 0.231 e. The summed E-state index contributed by atoms with van der Waals surface area (Å²) in [4.78, 5) is 13.5. The zero-order valence-corrected chi connectivity index (χ0v) is 12.9. The van der Waals surface area contributed by atoms with E-state index in [0.29, 0.717) is 29.5 Å². The third kappa shape index (κ3) is 2.12. The minimum atomic E-state index is 0.163. The Morgan fingerprint density at radius 3 is 2.90 bits per heavy atom. The van der Waals surface area contributed by atoms with Crippen molar-refractivity contribution in [2.24, 2.45) is 11.7 Å². The summed E-state index contributed by atoms with van der Waals surface area (Å²) >= 11 is 3.45. The van der Waals surface area contributed by atoms with Crippen LogP contribution in [0.3, 0.4) is 0 Å². The van der Waals surface area contributed by atoms with Gasteiger partial charge in [0.15, 0.2) is 17.8 Å². The van der Waals surface area contributed by atoms with Crippen LogP contribution in [0.4, 0.5) is 0 Å². The van der Waals surface area contributed by atoms with Gasteiger partial charge < -0.3 is 15.2 Å². The van der Waals surface area contributed by atoms with Gasteiger partial charge in [-0.15, -0.1) is 0 Å². The highest BCUT2D eigenvalue weighted by molar-refractivity contribution is 9.10. The van der Waals surface area contributed by atoms with Crippen molar-refractivity contribution in [3.63, 3.8) is 0 Å². The van der Waals surface area contributed by atoms with E-state index in [1.54, 1.807) is 0 Å². The first kappa shape index (κ1) is 13.9. The van der Waals surface area contributed by atoms with Gasteiger partial charge in [-0.3, -0.25) is 9.69 Å². The highest BCUT2D eigenvalue weighted by Crippen LogP contribution is 2.48. The Bertz CT molecular complexity index is 550. The van der Waals surface area contributed by atoms with Crippen molar-refractivity contribution in [1.29, 1.82) is 0 Å². The summed E-state index contributed by atoms with van der Waals surface area (Å²) in [6, 6.07) is 2.22. The first-order valence-electron chi connectivity index (χ1n) is 6.63. The van der Waals surface area contributed by atoms with Crippen molar-refractivity contribution in [2.75, 3.05) is 26.9 Å². The second-order valence-electron chi connectivity index (χ2n) is 5.34. The average molecular weight is 341 g/mol. The van der Waals surface area contributed by atoms with E-state index < -0.39 is 0 Å². The number of nitrogens with two attached hydrogens (primary N) is 1. The van der Waals surface area contributed by atoms with Gasteiger partial charge in [-0.2, -0.15) is 0 Å². The molecule has 1 aromatic carbocycles. The third-order valence-electron chi connectivity index (χ3n) is 4.10. The minimum Gasteiger partial charge on any atom is -0.453 e. The summed E-state index contributed by atoms with van der Waals surface area (Å²) in [5, 5.41) is 0. The molecule has 2 unspecified atom stereocenters. The molecule has 0 aromatic heterocycles. The Hall–Kier alpha value is -1.11. The maximum absolute atomic E-state index is 11.2. The van der Waals surface area contributed by atoms with Crippen molar-refractivity contribution in [3.8, 4) is 11.5 Å². The predicted octanol–water partition coefficient (Wildman–Crippen LogP) is 1.94. The van der Waals surface area contributed by atoms with Crippen LogP contribution in [-0.4, -0.2) is 38.1 Å². The molecule has 0 spiro atoms. The summed E-state index contributed by atoms with van der Waals surface area (Å²) in [6.07, 6.45) is 1.79. The van der Waals surface area contributed by atoms with Crippen LogP contribution in [-0.2, 0) is 0 Å². The molecule has 108 valence electrons. The lowest BCUT2D eigenvalue weighted by Crippen LogP contribution is -2.20. The number of ether oxygens (including phenoxy) is 2. The highest BCUT2D eigenvalue weighted by atomic mass is 79.9. The van der Waals surface area contributed by atoms with Crippen molar-refractivity contribution < 1.29 is 14.3 Å². The quantitative estimate of drug-likeness (QED) is 0.852. The van der Waals surface area contributed by atoms with E-state index in [1.165, 1.54) is 0 Å². The molecule has 20 heavy (non-hydrogen) atoms. The number of aldehydes is 1. The van der Waals surface area contributed by atoms with Crippen molar-refractivity contribution in [2.45, 2.75) is 12.5 Å². The summed E-state index contributed by atoms with van der Waals surface area (Å²) in [5.74, 6) is 1.74. The average Bonchev–Trinajstić information content (AvgIpc) is 3.04. The molecule has 3 rings (SSSR count). The number of hydrogen-bond donors (Lipinski definition) is 1. The van der Waals surface area contributed by atoms with E-state index in [4.69, 9.17) is 15.2 Å². The molecular formula is C14H17BrN2O3. The lowest BCUT2D eigenvalue weighted by molar-refractivity contribution is 0.111. The fourth-order valence-electron chi connectivity index (χ4n) is 3.08. The molecule has 0 radical (unpaired) electrons. The topological polar surface area (TPSA) is 64.8 Å². The van der Waals surface area contributed by atoms with Gasteiger partial charge in [0.1, 0.15) is 0 Å². The number of carbonyl (C=O) groups excluding carboxylic acids is 1. The molecule has 0 bridgehead atoms. The van der Waals surface area contributed by atoms with Gasteiger partial charge >= 0.3 is 0 Å². The Balaban J connectivity index is 2.05. The number of carbonyl (C=O) groups is 1. The fraction of sp³-hybridized carbons (Fsp3) is 0.500. The molecule has 2 atom stereocenters. The van der Waals surface area contributed by atoms with Gasteiger partial charge in [0.25, 0.3) is 0 Å². The van der Waals surface area contributed by atoms with E-state index >= 15 is 0 Å². The number of fused-ring (bicyclic) bond motifs is 1. The van der Waals surface area contributed by atoms with Gasteiger partial charge in [-0.25, -0.2) is 0 Å². The van der Waals surface area contributed by atoms with E-state index in [1.807, 2.05) is 6.07 Å². The zero-order valence-electron chi connectivity index (χ0n) is 11.3. The van der Waals surface area contributed by atoms with Crippen LogP contribution < -0.4 is 15.2 Å². The van der Waals surface area contributed by atoms with Crippen molar-refractivity contribution in [1.82, 2.24) is 4.90 Å². The molecule has 1 saturated heterocycles. The van der Waals surface area contributed by atoms with Crippen LogP contribution >= 0.6 is 15.9 Å². The maximum atomic E-state index is 11.2. The van der Waals surface area contributed by atoms with Crippen molar-refractivity contribution >= 4 is 22.2 Å². The molecule has 2 N–H and O–H groups in total. The molecular weight excluding hydrogens is 324 g/mol. The van der Waals surface area contributed by atoms with Crippen LogP contribution in [0.2, 0.25) is 0 Å². The predicted molar refractivity (Wildman–Crippen MR) is 78.2 cm³/mol. The standard InChI is InChI=1S/C14H17BrN2O3/c1-17-5-8(4-16)2-12(17)9-3-11(15)10(6-18)14-13(9)19-7-20-14/h3,6,8,12H,2,4-5,7,16H2,1H3. The van der Waals surface area contributed by atoms with Crippen LogP contribution in [0.25, 0.3) is 0 Å². The lowest BCUT2D eigenvalue weighted by Gasteiger charge is -2.21. The smallest absolute Gasteiger partial charge is 0.231 e. The minimum absolute atomic E-state index is 0.163. The molecule has 1 aromatic rings. The van der Waals surface area contributed by atoms with Crippen LogP contribution in [0, 0.1) is 5.92 Å². The first-order valence-corrected chi connectivity index (χ1v) is 7.42. The summed E-state index contributed by atoms with van der Waals surface area (Å²) < 4.78 is 11.8. The second-order valence-corrected chi connectivity index (χ2v) is 6.19. The normalized spacial score (nSPS) is 25.1. The van der Waals surface area contributed by atoms with E-state index in [9.17, 15) is 4.79 Å². The SMILES string of the molecule is CN1CC(CN)CC1c1cc(Br)c(C=O)c2c1OCO2. The summed E-state index contributed by atoms with van der Waals surface area (Å²) in [6.45, 7) is 1.83. The van der Waals surface area contributed by atoms with E-state index in [0.717, 1.165) is 29.3 Å². The Kier molecular flexibility index (Phi) is 3.70. The molecule has 2 aliphatic rings. The molecule has 0 aliphatic carbocycles. The van der Waals surface area contributed by atoms with E-state index in [2.05, 4.69) is 27.9 Å². The Labute approximate surface area is 126 Å². The largest absolute Gasteiger partial charge is 0.453 e. The summed E-state index contributed by atoms with van der Waals surface area (Å²) in [7, 11) is 2.09. The summed E-state index contributed by atoms with van der Waals surface area (Å²) in [5.41, 5.74) is 7.36. The second kappa shape index (κ2) is 5.35. The molecule has 2 heterocycles. The molecule has 5 nitrogen and oxygen atoms in total. The van der Waals surface area contributed by atoms with Gasteiger partial charge in [-0.1, -0.05) is 0 Å². The lowest BCUT2D eigenvalue weighted by atomic mass is 9.97. The van der Waals surface area contributed by atoms with Crippen LogP contribution in [0.15, 0.2) is 10.5 Å².